The first-order chi connectivity index (χ1) is 6.72. The maximum Gasteiger partial charge on any atom is 0.317 e. The average molecular weight is 255 g/mol. The molecule has 4 nitrogen and oxygen atoms in total. The number of carbonyl (C=O) groups is 1. The zero-order chi connectivity index (χ0) is 10.1. The van der Waals surface area contributed by atoms with Crippen molar-refractivity contribution in [3.05, 3.63) is 34.1 Å². The third kappa shape index (κ3) is 1.43. The van der Waals surface area contributed by atoms with Crippen LogP contribution in [-0.4, -0.2) is 13.1 Å². The molecule has 0 N–H and O–H groups in total. The summed E-state index contributed by atoms with van der Waals surface area (Å²) in [6.45, 7) is 0. The lowest BCUT2D eigenvalue weighted by atomic mass is 9.93. The van der Waals surface area contributed by atoms with Gasteiger partial charge in [-0.3, -0.25) is 4.79 Å². The maximum absolute atomic E-state index is 11.4. The second-order valence-corrected chi connectivity index (χ2v) is 3.80. The topological polar surface area (TPSA) is 51.0 Å². The fraction of sp³-hybridized carbons (Fsp3) is 0.222. The van der Waals surface area contributed by atoms with Gasteiger partial charge in [-0.25, -0.2) is 0 Å². The Labute approximate surface area is 89.2 Å². The lowest BCUT2D eigenvalue weighted by Crippen LogP contribution is -2.18. The van der Waals surface area contributed by atoms with Crippen LogP contribution in [0.25, 0.3) is 0 Å². The second-order valence-electron chi connectivity index (χ2n) is 2.88. The Morgan fingerprint density at radius 3 is 3.14 bits per heavy atom. The molecule has 0 aromatic carbocycles. The number of rotatable bonds is 1. The van der Waals surface area contributed by atoms with Crippen molar-refractivity contribution in [2.75, 3.05) is 7.11 Å². The molecule has 2 aliphatic rings. The molecule has 0 spiro atoms. The fourth-order valence-electron chi connectivity index (χ4n) is 1.38. The normalized spacial score (nSPS) is 23.6. The molecule has 0 aromatic heterocycles. The van der Waals surface area contributed by atoms with Crippen molar-refractivity contribution < 1.29 is 9.53 Å². The molecule has 2 rings (SSSR count). The van der Waals surface area contributed by atoms with Gasteiger partial charge in [0.25, 0.3) is 0 Å². The molecule has 0 aromatic rings. The third-order valence-electron chi connectivity index (χ3n) is 2.05. The van der Waals surface area contributed by atoms with Gasteiger partial charge in [-0.05, 0) is 6.08 Å². The van der Waals surface area contributed by atoms with Gasteiger partial charge in [-0.2, -0.15) is 10.2 Å². The van der Waals surface area contributed by atoms with Crippen LogP contribution in [0.2, 0.25) is 0 Å². The summed E-state index contributed by atoms with van der Waals surface area (Å²) in [6.07, 6.45) is 5.18. The molecule has 1 atom stereocenters. The highest BCUT2D eigenvalue weighted by molar-refractivity contribution is 9.11. The molecule has 0 amide bonds. The quantitative estimate of drug-likeness (QED) is 0.675. The molecule has 72 valence electrons. The summed E-state index contributed by atoms with van der Waals surface area (Å²) in [6, 6.07) is 0. The van der Waals surface area contributed by atoms with E-state index >= 15 is 0 Å². The lowest BCUT2D eigenvalue weighted by molar-refractivity contribution is -0.142. The Balaban J connectivity index is 2.37. The number of ether oxygens (including phenoxy) is 1. The highest BCUT2D eigenvalue weighted by atomic mass is 79.9. The van der Waals surface area contributed by atoms with Gasteiger partial charge in [-0.1, -0.05) is 22.0 Å². The highest BCUT2D eigenvalue weighted by Gasteiger charge is 2.29. The van der Waals surface area contributed by atoms with Gasteiger partial charge >= 0.3 is 5.97 Å². The molecule has 1 aliphatic heterocycles. The van der Waals surface area contributed by atoms with Crippen LogP contribution < -0.4 is 0 Å². The van der Waals surface area contributed by atoms with Crippen LogP contribution in [0.3, 0.4) is 0 Å². The number of carbonyl (C=O) groups excluding carboxylic acids is 1. The average Bonchev–Trinajstić information content (AvgIpc) is 2.62. The summed E-state index contributed by atoms with van der Waals surface area (Å²) in [7, 11) is 1.37. The number of azo groups is 1. The van der Waals surface area contributed by atoms with E-state index in [4.69, 9.17) is 4.74 Å². The van der Waals surface area contributed by atoms with E-state index in [1.54, 1.807) is 12.3 Å². The van der Waals surface area contributed by atoms with Crippen molar-refractivity contribution >= 4 is 21.9 Å². The van der Waals surface area contributed by atoms with Gasteiger partial charge in [0.2, 0.25) is 0 Å². The SMILES string of the molecule is COC(=O)[C@@H]1C=C(Br)C=C2N=NC=C21. The zero-order valence-electron chi connectivity index (χ0n) is 7.40. The summed E-state index contributed by atoms with van der Waals surface area (Å²) >= 11 is 3.31. The third-order valence-corrected chi connectivity index (χ3v) is 2.54. The second kappa shape index (κ2) is 3.49. The van der Waals surface area contributed by atoms with Crippen LogP contribution >= 0.6 is 15.9 Å². The Bertz CT molecular complexity index is 407. The van der Waals surface area contributed by atoms with Crippen molar-refractivity contribution in [1.82, 2.24) is 0 Å². The number of allylic oxidation sites excluding steroid dienone is 3. The molecule has 0 saturated carbocycles. The van der Waals surface area contributed by atoms with Crippen LogP contribution in [0.15, 0.2) is 44.3 Å². The number of hydrogen-bond donors (Lipinski definition) is 0. The van der Waals surface area contributed by atoms with Gasteiger partial charge in [-0.15, -0.1) is 0 Å². The molecule has 1 aliphatic carbocycles. The van der Waals surface area contributed by atoms with E-state index in [-0.39, 0.29) is 5.97 Å². The minimum absolute atomic E-state index is 0.300. The highest BCUT2D eigenvalue weighted by Crippen LogP contribution is 2.35. The molecular formula is C9H7BrN2O2. The fourth-order valence-corrected chi connectivity index (χ4v) is 1.86. The molecule has 1 heterocycles. The number of nitrogens with zero attached hydrogens (tertiary/aromatic N) is 2. The van der Waals surface area contributed by atoms with E-state index < -0.39 is 5.92 Å². The van der Waals surface area contributed by atoms with Crippen LogP contribution in [0, 0.1) is 5.92 Å². The summed E-state index contributed by atoms with van der Waals surface area (Å²) in [5.74, 6) is -0.699. The summed E-state index contributed by atoms with van der Waals surface area (Å²) < 4.78 is 5.51. The summed E-state index contributed by atoms with van der Waals surface area (Å²) in [4.78, 5) is 11.4. The number of fused-ring (bicyclic) bond motifs is 1. The standard InChI is InChI=1S/C9H7BrN2O2/c1-14-9(13)6-2-5(10)3-8-7(6)4-11-12-8/h2-4,6H,1H3/t6-/m1/s1. The Morgan fingerprint density at radius 2 is 2.43 bits per heavy atom. The van der Waals surface area contributed by atoms with Crippen molar-refractivity contribution in [2.45, 2.75) is 0 Å². The minimum Gasteiger partial charge on any atom is -0.468 e. The molecule has 0 radical (unpaired) electrons. The Morgan fingerprint density at radius 1 is 1.64 bits per heavy atom. The van der Waals surface area contributed by atoms with Gasteiger partial charge in [0.15, 0.2) is 0 Å². The first kappa shape index (κ1) is 9.33. The lowest BCUT2D eigenvalue weighted by Gasteiger charge is -2.15. The number of methoxy groups -OCH3 is 1. The van der Waals surface area contributed by atoms with Crippen molar-refractivity contribution in [3.8, 4) is 0 Å². The molecule has 0 saturated heterocycles. The van der Waals surface area contributed by atoms with Crippen LogP contribution in [0.4, 0.5) is 0 Å². The van der Waals surface area contributed by atoms with E-state index in [9.17, 15) is 4.79 Å². The summed E-state index contributed by atoms with van der Waals surface area (Å²) in [5.41, 5.74) is 1.51. The predicted octanol–water partition coefficient (Wildman–Crippen LogP) is 2.30. The van der Waals surface area contributed by atoms with E-state index in [0.717, 1.165) is 15.8 Å². The first-order valence-corrected chi connectivity index (χ1v) is 4.80. The number of esters is 1. The zero-order valence-corrected chi connectivity index (χ0v) is 8.98. The molecule has 0 bridgehead atoms. The van der Waals surface area contributed by atoms with Crippen molar-refractivity contribution in [2.24, 2.45) is 16.1 Å². The van der Waals surface area contributed by atoms with Gasteiger partial charge in [0.05, 0.1) is 19.0 Å². The smallest absolute Gasteiger partial charge is 0.317 e. The molecule has 0 unspecified atom stereocenters. The predicted molar refractivity (Wildman–Crippen MR) is 53.5 cm³/mol. The van der Waals surface area contributed by atoms with Crippen molar-refractivity contribution in [1.29, 1.82) is 0 Å². The molecule has 0 fully saturated rings. The van der Waals surface area contributed by atoms with E-state index in [1.807, 2.05) is 6.08 Å². The Hall–Kier alpha value is -1.23. The van der Waals surface area contributed by atoms with E-state index in [1.165, 1.54) is 7.11 Å². The monoisotopic (exact) mass is 254 g/mol. The molecule has 14 heavy (non-hydrogen) atoms. The van der Waals surface area contributed by atoms with Crippen LogP contribution in [0.5, 0.6) is 0 Å². The first-order valence-electron chi connectivity index (χ1n) is 4.00. The maximum atomic E-state index is 11.4. The van der Waals surface area contributed by atoms with Crippen LogP contribution in [-0.2, 0) is 9.53 Å². The minimum atomic E-state index is -0.399. The van der Waals surface area contributed by atoms with Gasteiger partial charge in [0.1, 0.15) is 5.92 Å². The van der Waals surface area contributed by atoms with E-state index in [0.29, 0.717) is 0 Å². The number of halogens is 1. The molecular weight excluding hydrogens is 248 g/mol. The van der Waals surface area contributed by atoms with E-state index in [2.05, 4.69) is 26.2 Å². The molecule has 5 heteroatoms. The summed E-state index contributed by atoms with van der Waals surface area (Å²) in [5, 5.41) is 7.65. The Kier molecular flexibility index (Phi) is 2.33. The van der Waals surface area contributed by atoms with Crippen molar-refractivity contribution in [3.63, 3.8) is 0 Å². The number of hydrogen-bond acceptors (Lipinski definition) is 4. The van der Waals surface area contributed by atoms with Gasteiger partial charge in [0, 0.05) is 10.1 Å². The largest absolute Gasteiger partial charge is 0.468 e. The van der Waals surface area contributed by atoms with Gasteiger partial charge < -0.3 is 4.74 Å². The van der Waals surface area contributed by atoms with Crippen LogP contribution in [0.1, 0.15) is 0 Å².